The molecule has 6 rings (SSSR count). The molecule has 0 saturated heterocycles. The molecule has 0 spiro atoms. The lowest BCUT2D eigenvalue weighted by molar-refractivity contribution is -0.157. The van der Waals surface area contributed by atoms with Gasteiger partial charge in [-0.1, -0.05) is 0 Å². The second-order valence-electron chi connectivity index (χ2n) is 8.78. The Morgan fingerprint density at radius 3 is 2.78 bits per heavy atom. The smallest absolute Gasteiger partial charge is 0.340 e. The van der Waals surface area contributed by atoms with Crippen LogP contribution in [0.3, 0.4) is 0 Å². The molecule has 0 fully saturated rings. The first-order valence-electron chi connectivity index (χ1n) is 11.4. The monoisotopic (exact) mass is 520 g/mol. The summed E-state index contributed by atoms with van der Waals surface area (Å²) in [5.41, 5.74) is 9.49. The number of carbonyl (C=O) groups is 1. The summed E-state index contributed by atoms with van der Waals surface area (Å²) in [6, 6.07) is 11.9. The van der Waals surface area contributed by atoms with Gasteiger partial charge in [-0.05, 0) is 53.9 Å². The Balaban J connectivity index is 1.49. The van der Waals surface area contributed by atoms with Crippen LogP contribution in [-0.4, -0.2) is 27.7 Å². The largest absolute Gasteiger partial charge is 0.494 e. The number of hydrogen-bond donors (Lipinski definition) is 3. The number of nitrogens with one attached hydrogen (secondary N) is 1. The lowest BCUT2D eigenvalue weighted by Gasteiger charge is -2.21. The molecule has 9 nitrogen and oxygen atoms in total. The lowest BCUT2D eigenvalue weighted by atomic mass is 9.98. The fourth-order valence-electron chi connectivity index (χ4n) is 4.80. The minimum absolute atomic E-state index is 0.0867. The predicted molar refractivity (Wildman–Crippen MR) is 135 cm³/mol. The van der Waals surface area contributed by atoms with E-state index in [1.807, 2.05) is 24.3 Å². The van der Waals surface area contributed by atoms with Crippen molar-refractivity contribution in [1.82, 2.24) is 14.3 Å². The van der Waals surface area contributed by atoms with Gasteiger partial charge in [-0.3, -0.25) is 9.52 Å². The fraction of sp³-hybridized carbons (Fsp3) is 0.192. The van der Waals surface area contributed by atoms with Crippen LogP contribution in [0.2, 0.25) is 0 Å². The number of esters is 1. The Morgan fingerprint density at radius 1 is 1.24 bits per heavy atom. The van der Waals surface area contributed by atoms with E-state index in [1.54, 1.807) is 16.7 Å². The summed E-state index contributed by atoms with van der Waals surface area (Å²) in [6.07, 6.45) is -1.55. The van der Waals surface area contributed by atoms with Crippen molar-refractivity contribution in [1.29, 1.82) is 0 Å². The number of benzene rings is 2. The second kappa shape index (κ2) is 8.87. The maximum absolute atomic E-state index is 14.7. The number of ether oxygens (including phenoxy) is 2. The van der Waals surface area contributed by atoms with Crippen molar-refractivity contribution in [2.75, 3.05) is 12.8 Å². The van der Waals surface area contributed by atoms with Crippen molar-refractivity contribution in [3.63, 3.8) is 0 Å². The summed E-state index contributed by atoms with van der Waals surface area (Å²) in [6.45, 7) is 0.399. The number of methoxy groups -OCH3 is 1. The first kappa shape index (κ1) is 23.5. The average Bonchev–Trinajstić information content (AvgIpc) is 3.25. The van der Waals surface area contributed by atoms with Gasteiger partial charge in [-0.25, -0.2) is 14.2 Å². The number of nitrogens with two attached hydrogens (primary N) is 1. The molecule has 1 atom stereocenters. The van der Waals surface area contributed by atoms with Crippen molar-refractivity contribution >= 4 is 34.5 Å². The van der Waals surface area contributed by atoms with Crippen molar-refractivity contribution < 1.29 is 23.8 Å². The van der Waals surface area contributed by atoms with Crippen molar-refractivity contribution in [2.24, 2.45) is 0 Å². The summed E-state index contributed by atoms with van der Waals surface area (Å²) in [4.78, 5) is 30.9. The minimum Gasteiger partial charge on any atom is -0.494 e. The second-order valence-corrected chi connectivity index (χ2v) is 9.74. The third kappa shape index (κ3) is 3.82. The van der Waals surface area contributed by atoms with Crippen LogP contribution in [-0.2, 0) is 29.2 Å². The SMILES string of the molecule is COc1cc2c(CNSc3ccc(N)cc3)c3c(nc2cc1F)-c1cc2c(c(=O)n1C3)COC(=O)C2O. The quantitative estimate of drug-likeness (QED) is 0.182. The van der Waals surface area contributed by atoms with Crippen LogP contribution >= 0.6 is 11.9 Å². The number of aliphatic hydroxyl groups is 1. The van der Waals surface area contributed by atoms with Crippen molar-refractivity contribution in [2.45, 2.75) is 30.7 Å². The van der Waals surface area contributed by atoms with Crippen LogP contribution in [0.1, 0.15) is 28.4 Å². The molecule has 37 heavy (non-hydrogen) atoms. The molecule has 2 aliphatic heterocycles. The van der Waals surface area contributed by atoms with Crippen LogP contribution in [0, 0.1) is 5.82 Å². The van der Waals surface area contributed by atoms with Crippen LogP contribution in [0.4, 0.5) is 10.1 Å². The molecule has 0 amide bonds. The Bertz CT molecular complexity index is 1650. The van der Waals surface area contributed by atoms with Gasteiger partial charge in [0.15, 0.2) is 17.7 Å². The number of carbonyl (C=O) groups excluding carboxylic acids is 1. The summed E-state index contributed by atoms with van der Waals surface area (Å²) >= 11 is 1.41. The molecule has 2 aromatic carbocycles. The van der Waals surface area contributed by atoms with E-state index in [1.165, 1.54) is 25.1 Å². The number of nitrogens with zero attached hydrogens (tertiary/aromatic N) is 2. The zero-order valence-electron chi connectivity index (χ0n) is 19.6. The average molecular weight is 521 g/mol. The van der Waals surface area contributed by atoms with Gasteiger partial charge in [0.2, 0.25) is 0 Å². The van der Waals surface area contributed by atoms with Crippen LogP contribution < -0.4 is 20.8 Å². The molecule has 0 bridgehead atoms. The van der Waals surface area contributed by atoms with Gasteiger partial charge >= 0.3 is 5.97 Å². The van der Waals surface area contributed by atoms with Crippen LogP contribution in [0.25, 0.3) is 22.3 Å². The Hall–Kier alpha value is -3.93. The molecule has 11 heteroatoms. The number of rotatable bonds is 5. The Morgan fingerprint density at radius 2 is 2.03 bits per heavy atom. The van der Waals surface area contributed by atoms with Gasteiger partial charge in [0.05, 0.1) is 36.1 Å². The lowest BCUT2D eigenvalue weighted by Crippen LogP contribution is -2.32. The van der Waals surface area contributed by atoms with Gasteiger partial charge in [0, 0.05) is 39.7 Å². The Kier molecular flexibility index (Phi) is 5.63. The van der Waals surface area contributed by atoms with E-state index in [-0.39, 0.29) is 35.6 Å². The predicted octanol–water partition coefficient (Wildman–Crippen LogP) is 3.04. The van der Waals surface area contributed by atoms with Gasteiger partial charge in [-0.2, -0.15) is 0 Å². The number of fused-ring (bicyclic) bond motifs is 5. The molecule has 4 N–H and O–H groups in total. The van der Waals surface area contributed by atoms with Crippen molar-refractivity contribution in [3.8, 4) is 17.1 Å². The zero-order valence-corrected chi connectivity index (χ0v) is 20.4. The highest BCUT2D eigenvalue weighted by molar-refractivity contribution is 7.97. The van der Waals surface area contributed by atoms with E-state index in [0.717, 1.165) is 16.0 Å². The fourth-order valence-corrected chi connectivity index (χ4v) is 5.45. The Labute approximate surface area is 214 Å². The number of cyclic esters (lactones) is 1. The summed E-state index contributed by atoms with van der Waals surface area (Å²) in [5, 5.41) is 11.1. The van der Waals surface area contributed by atoms with Crippen LogP contribution in [0.5, 0.6) is 5.75 Å². The molecule has 2 aliphatic rings. The highest BCUT2D eigenvalue weighted by Gasteiger charge is 2.34. The van der Waals surface area contributed by atoms with Gasteiger partial charge < -0.3 is 24.9 Å². The third-order valence-electron chi connectivity index (χ3n) is 6.67. The molecule has 0 saturated carbocycles. The van der Waals surface area contributed by atoms with E-state index < -0.39 is 17.9 Å². The number of aromatic nitrogens is 2. The zero-order chi connectivity index (χ0) is 25.8. The molecule has 1 unspecified atom stereocenters. The number of hydrogen-bond acceptors (Lipinski definition) is 9. The first-order chi connectivity index (χ1) is 17.9. The minimum atomic E-state index is -1.55. The van der Waals surface area contributed by atoms with Gasteiger partial charge in [0.1, 0.15) is 6.61 Å². The molecular formula is C26H21FN4O5S. The molecule has 0 radical (unpaired) electrons. The maximum atomic E-state index is 14.7. The molecule has 4 aromatic rings. The topological polar surface area (TPSA) is 129 Å². The molecule has 0 aliphatic carbocycles. The van der Waals surface area contributed by atoms with E-state index in [9.17, 15) is 19.1 Å². The summed E-state index contributed by atoms with van der Waals surface area (Å²) in [5.74, 6) is -1.28. The maximum Gasteiger partial charge on any atom is 0.340 e. The summed E-state index contributed by atoms with van der Waals surface area (Å²) in [7, 11) is 1.40. The van der Waals surface area contributed by atoms with Crippen molar-refractivity contribution in [3.05, 3.63) is 80.9 Å². The third-order valence-corrected chi connectivity index (χ3v) is 7.46. The number of halogens is 1. The highest BCUT2D eigenvalue weighted by Crippen LogP contribution is 2.39. The normalized spacial score (nSPS) is 15.8. The van der Waals surface area contributed by atoms with E-state index in [4.69, 9.17) is 20.2 Å². The van der Waals surface area contributed by atoms with Gasteiger partial charge in [-0.15, -0.1) is 0 Å². The highest BCUT2D eigenvalue weighted by atomic mass is 32.2. The van der Waals surface area contributed by atoms with E-state index in [0.29, 0.717) is 34.5 Å². The van der Waals surface area contributed by atoms with Crippen LogP contribution in [0.15, 0.2) is 52.2 Å². The first-order valence-corrected chi connectivity index (χ1v) is 12.2. The molecule has 4 heterocycles. The summed E-state index contributed by atoms with van der Waals surface area (Å²) < 4.78 is 29.7. The van der Waals surface area contributed by atoms with E-state index in [2.05, 4.69) is 4.72 Å². The number of anilines is 1. The van der Waals surface area contributed by atoms with E-state index >= 15 is 0 Å². The molecule has 2 aromatic heterocycles. The van der Waals surface area contributed by atoms with Gasteiger partial charge in [0.25, 0.3) is 5.56 Å². The standard InChI is InChI=1S/C26H21FN4O5S/c1-35-22-7-14-16(9-29-37-13-4-2-12(28)3-5-13)17-10-31-21(23(17)30-20(14)8-19(22)27)6-15-18(25(31)33)11-36-26(34)24(15)32/h2-8,24,29,32H,9-11,28H2,1H3. The molecular weight excluding hydrogens is 499 g/mol. The number of nitrogen functional groups attached to an aromatic ring is 1. The number of pyridine rings is 2. The molecule has 188 valence electrons. The number of aliphatic hydroxyl groups excluding tert-OH is 1.